The summed E-state index contributed by atoms with van der Waals surface area (Å²) >= 11 is 0. The molecule has 0 radical (unpaired) electrons. The molecule has 5 heteroatoms. The van der Waals surface area contributed by atoms with Crippen molar-refractivity contribution < 1.29 is 14.4 Å². The van der Waals surface area contributed by atoms with Crippen LogP contribution < -0.4 is 5.30 Å². The normalized spacial score (nSPS) is 12.1. The molecule has 0 spiro atoms. The van der Waals surface area contributed by atoms with E-state index in [2.05, 4.69) is 35.8 Å². The maximum Gasteiger partial charge on any atom is 0.356 e. The van der Waals surface area contributed by atoms with E-state index in [1.165, 1.54) is 11.6 Å². The van der Waals surface area contributed by atoms with Crippen molar-refractivity contribution in [2.24, 2.45) is 0 Å². The maximum absolute atomic E-state index is 11.7. The molecule has 0 aliphatic carbocycles. The van der Waals surface area contributed by atoms with Crippen LogP contribution in [0.4, 0.5) is 0 Å². The zero-order chi connectivity index (χ0) is 17.6. The zero-order valence-electron chi connectivity index (χ0n) is 13.8. The summed E-state index contributed by atoms with van der Waals surface area (Å²) in [6.45, 7) is 2.13. The van der Waals surface area contributed by atoms with Gasteiger partial charge in [0, 0.05) is 16.5 Å². The Labute approximate surface area is 145 Å². The third kappa shape index (κ3) is 2.69. The van der Waals surface area contributed by atoms with Gasteiger partial charge in [0.1, 0.15) is 0 Å². The number of nitrogens with zero attached hydrogens (tertiary/aromatic N) is 1. The molecule has 0 saturated carbocycles. The first kappa shape index (κ1) is 16.1. The third-order valence-corrected chi connectivity index (χ3v) is 5.52. The Kier molecular flexibility index (Phi) is 3.77. The molecule has 3 aromatic carbocycles. The number of hydrogen-bond donors (Lipinski definition) is 2. The summed E-state index contributed by atoms with van der Waals surface area (Å²) in [4.78, 5) is 19.0. The summed E-state index contributed by atoms with van der Waals surface area (Å²) in [6, 6.07) is 21.1. The highest BCUT2D eigenvalue weighted by Crippen LogP contribution is 2.36. The van der Waals surface area contributed by atoms with Crippen LogP contribution in [-0.4, -0.2) is 14.4 Å². The van der Waals surface area contributed by atoms with Gasteiger partial charge in [-0.05, 0) is 48.4 Å². The minimum atomic E-state index is -4.29. The van der Waals surface area contributed by atoms with E-state index in [4.69, 9.17) is 0 Å². The first-order valence-electron chi connectivity index (χ1n) is 8.17. The number of hydrogen-bond acceptors (Lipinski definition) is 1. The van der Waals surface area contributed by atoms with E-state index in [9.17, 15) is 14.4 Å². The number of benzene rings is 3. The molecule has 4 rings (SSSR count). The molecule has 1 heterocycles. The second-order valence-electron chi connectivity index (χ2n) is 6.12. The lowest BCUT2D eigenvalue weighted by molar-refractivity contribution is 0.387. The minimum Gasteiger partial charge on any atom is -0.321 e. The summed E-state index contributed by atoms with van der Waals surface area (Å²) in [7, 11) is -4.29. The van der Waals surface area contributed by atoms with Crippen molar-refractivity contribution in [1.82, 2.24) is 4.57 Å². The van der Waals surface area contributed by atoms with Gasteiger partial charge in [0.25, 0.3) is 0 Å². The average Bonchev–Trinajstić information content (AvgIpc) is 2.94. The van der Waals surface area contributed by atoms with Gasteiger partial charge in [0.05, 0.1) is 16.3 Å². The Hall–Kier alpha value is -2.39. The Morgan fingerprint density at radius 3 is 2.40 bits per heavy atom. The molecule has 0 amide bonds. The second kappa shape index (κ2) is 5.85. The van der Waals surface area contributed by atoms with Gasteiger partial charge in [-0.25, -0.2) is 0 Å². The summed E-state index contributed by atoms with van der Waals surface area (Å²) in [5.41, 5.74) is 4.06. The molecule has 126 valence electrons. The molecule has 4 nitrogen and oxygen atoms in total. The van der Waals surface area contributed by atoms with Crippen LogP contribution in [0.2, 0.25) is 0 Å². The lowest BCUT2D eigenvalue weighted by Gasteiger charge is -2.11. The molecule has 4 aromatic rings. The van der Waals surface area contributed by atoms with E-state index < -0.39 is 7.60 Å². The lowest BCUT2D eigenvalue weighted by atomic mass is 10.1. The Morgan fingerprint density at radius 1 is 0.880 bits per heavy atom. The van der Waals surface area contributed by atoms with E-state index in [1.807, 2.05) is 24.3 Å². The van der Waals surface area contributed by atoms with E-state index >= 15 is 0 Å². The van der Waals surface area contributed by atoms with Crippen molar-refractivity contribution in [1.29, 1.82) is 0 Å². The number of fused-ring (bicyclic) bond motifs is 3. The van der Waals surface area contributed by atoms with Crippen LogP contribution in [0.1, 0.15) is 12.5 Å². The molecule has 25 heavy (non-hydrogen) atoms. The topological polar surface area (TPSA) is 62.5 Å². The predicted octanol–water partition coefficient (Wildman–Crippen LogP) is 4.15. The fraction of sp³-hybridized carbons (Fsp3) is 0.100. The molecule has 0 fully saturated rings. The zero-order valence-corrected chi connectivity index (χ0v) is 14.6. The second-order valence-corrected chi connectivity index (χ2v) is 7.73. The fourth-order valence-electron chi connectivity index (χ4n) is 3.33. The van der Waals surface area contributed by atoms with Gasteiger partial charge in [-0.1, -0.05) is 37.3 Å². The van der Waals surface area contributed by atoms with Gasteiger partial charge < -0.3 is 14.4 Å². The Bertz CT molecular complexity index is 1140. The van der Waals surface area contributed by atoms with Crippen LogP contribution in [0.5, 0.6) is 0 Å². The van der Waals surface area contributed by atoms with Crippen molar-refractivity contribution in [3.63, 3.8) is 0 Å². The molecule has 1 aromatic heterocycles. The molecule has 0 aliphatic heterocycles. The molecule has 0 saturated heterocycles. The standard InChI is InChI=1S/C20H18NO3P/c1-2-14-10-11-20-18(12-14)17-8-3-4-9-19(17)21(20)15-6-5-7-16(13-15)25(22,23)24/h3-13H,2H2,1H3,(H2,22,23,24). The van der Waals surface area contributed by atoms with E-state index in [1.54, 1.807) is 12.1 Å². The molecule has 0 unspecified atom stereocenters. The third-order valence-electron chi connectivity index (χ3n) is 4.57. The highest BCUT2D eigenvalue weighted by atomic mass is 31.2. The van der Waals surface area contributed by atoms with E-state index in [-0.39, 0.29) is 5.30 Å². The quantitative estimate of drug-likeness (QED) is 0.545. The summed E-state index contributed by atoms with van der Waals surface area (Å²) < 4.78 is 13.7. The van der Waals surface area contributed by atoms with Crippen LogP contribution in [0.25, 0.3) is 27.5 Å². The predicted molar refractivity (Wildman–Crippen MR) is 102 cm³/mol. The maximum atomic E-state index is 11.7. The molecular formula is C20H18NO3P. The monoisotopic (exact) mass is 351 g/mol. The van der Waals surface area contributed by atoms with Crippen LogP contribution >= 0.6 is 7.60 Å². The minimum absolute atomic E-state index is 0.0288. The van der Waals surface area contributed by atoms with Crippen molar-refractivity contribution >= 4 is 34.7 Å². The summed E-state index contributed by atoms with van der Waals surface area (Å²) in [5.74, 6) is 0. The summed E-state index contributed by atoms with van der Waals surface area (Å²) in [5, 5.41) is 2.31. The average molecular weight is 351 g/mol. The molecule has 0 aliphatic rings. The number of para-hydroxylation sites is 1. The molecule has 0 bridgehead atoms. The molecule has 0 atom stereocenters. The van der Waals surface area contributed by atoms with Gasteiger partial charge in [0.15, 0.2) is 0 Å². The van der Waals surface area contributed by atoms with Crippen LogP contribution in [0, 0.1) is 0 Å². The van der Waals surface area contributed by atoms with Gasteiger partial charge in [-0.3, -0.25) is 4.57 Å². The smallest absolute Gasteiger partial charge is 0.321 e. The van der Waals surface area contributed by atoms with Gasteiger partial charge in [-0.15, -0.1) is 0 Å². The first-order valence-corrected chi connectivity index (χ1v) is 9.79. The van der Waals surface area contributed by atoms with Crippen LogP contribution in [-0.2, 0) is 11.0 Å². The van der Waals surface area contributed by atoms with Crippen molar-refractivity contribution in [3.05, 3.63) is 72.3 Å². The highest BCUT2D eigenvalue weighted by Gasteiger charge is 2.19. The van der Waals surface area contributed by atoms with Crippen molar-refractivity contribution in [2.45, 2.75) is 13.3 Å². The van der Waals surface area contributed by atoms with Gasteiger partial charge in [0.2, 0.25) is 0 Å². The Morgan fingerprint density at radius 2 is 1.64 bits per heavy atom. The van der Waals surface area contributed by atoms with E-state index in [0.717, 1.165) is 33.9 Å². The summed E-state index contributed by atoms with van der Waals surface area (Å²) in [6.07, 6.45) is 0.961. The van der Waals surface area contributed by atoms with Crippen LogP contribution in [0.15, 0.2) is 66.7 Å². The van der Waals surface area contributed by atoms with Gasteiger partial charge >= 0.3 is 7.60 Å². The molecule has 2 N–H and O–H groups in total. The first-order chi connectivity index (χ1) is 12.0. The highest BCUT2D eigenvalue weighted by molar-refractivity contribution is 7.60. The van der Waals surface area contributed by atoms with Crippen molar-refractivity contribution in [2.75, 3.05) is 0 Å². The van der Waals surface area contributed by atoms with E-state index in [0.29, 0.717) is 0 Å². The van der Waals surface area contributed by atoms with Crippen molar-refractivity contribution in [3.8, 4) is 5.69 Å². The number of aromatic nitrogens is 1. The lowest BCUT2D eigenvalue weighted by Crippen LogP contribution is -2.06. The Balaban J connectivity index is 2.09. The largest absolute Gasteiger partial charge is 0.356 e. The fourth-order valence-corrected chi connectivity index (χ4v) is 3.91. The number of rotatable bonds is 3. The number of aryl methyl sites for hydroxylation is 1. The SMILES string of the molecule is CCc1ccc2c(c1)c1ccccc1n2-c1cccc(P(=O)(O)O)c1. The van der Waals surface area contributed by atoms with Gasteiger partial charge in [-0.2, -0.15) is 0 Å². The van der Waals surface area contributed by atoms with Crippen LogP contribution in [0.3, 0.4) is 0 Å². The molecular weight excluding hydrogens is 333 g/mol.